The highest BCUT2D eigenvalue weighted by Gasteiger charge is 2.44. The topological polar surface area (TPSA) is 98.4 Å². The molecule has 1 aliphatic rings. The van der Waals surface area contributed by atoms with Gasteiger partial charge >= 0.3 is 0 Å². The van der Waals surface area contributed by atoms with E-state index in [1.165, 1.54) is 24.3 Å². The first kappa shape index (κ1) is 22.2. The van der Waals surface area contributed by atoms with Gasteiger partial charge in [-0.1, -0.05) is 18.7 Å². The summed E-state index contributed by atoms with van der Waals surface area (Å²) in [5.74, 6) is -0.804. The predicted octanol–water partition coefficient (Wildman–Crippen LogP) is 3.47. The Balaban J connectivity index is 2.05. The number of hydrogen-bond acceptors (Lipinski definition) is 7. The van der Waals surface area contributed by atoms with Gasteiger partial charge < -0.3 is 28.6 Å². The van der Waals surface area contributed by atoms with Crippen LogP contribution in [0.15, 0.2) is 65.0 Å². The predicted molar refractivity (Wildman–Crippen MR) is 112 cm³/mol. The number of carbonyl (C=O) groups excluding carboxylic acids is 2. The van der Waals surface area contributed by atoms with Crippen LogP contribution in [-0.4, -0.2) is 55.7 Å². The summed E-state index contributed by atoms with van der Waals surface area (Å²) in [7, 11) is 3.07. The molecule has 3 rings (SSSR count). The number of furan rings is 1. The lowest BCUT2D eigenvalue weighted by Crippen LogP contribution is -2.32. The van der Waals surface area contributed by atoms with Crippen LogP contribution >= 0.6 is 0 Å². The van der Waals surface area contributed by atoms with Crippen LogP contribution in [0, 0.1) is 0 Å². The molecule has 1 amide bonds. The van der Waals surface area contributed by atoms with Gasteiger partial charge in [0.2, 0.25) is 5.78 Å². The van der Waals surface area contributed by atoms with Crippen LogP contribution in [-0.2, 0) is 9.53 Å². The minimum Gasteiger partial charge on any atom is -0.503 e. The fourth-order valence-corrected chi connectivity index (χ4v) is 3.50. The quantitative estimate of drug-likeness (QED) is 0.333. The fourth-order valence-electron chi connectivity index (χ4n) is 3.50. The Morgan fingerprint density at radius 1 is 1.29 bits per heavy atom. The molecule has 8 nitrogen and oxygen atoms in total. The van der Waals surface area contributed by atoms with Crippen LogP contribution in [0.2, 0.25) is 0 Å². The summed E-state index contributed by atoms with van der Waals surface area (Å²) < 4.78 is 21.3. The van der Waals surface area contributed by atoms with E-state index in [2.05, 4.69) is 6.58 Å². The summed E-state index contributed by atoms with van der Waals surface area (Å²) >= 11 is 0. The Labute approximate surface area is 180 Å². The number of ether oxygens (including phenoxy) is 3. The van der Waals surface area contributed by atoms with E-state index in [1.54, 1.807) is 37.5 Å². The molecule has 0 bridgehead atoms. The molecule has 0 radical (unpaired) electrons. The molecule has 1 N–H and O–H groups in total. The highest BCUT2D eigenvalue weighted by atomic mass is 16.5. The molecule has 0 saturated carbocycles. The van der Waals surface area contributed by atoms with Crippen molar-refractivity contribution in [2.75, 3.05) is 34.0 Å². The highest BCUT2D eigenvalue weighted by Crippen LogP contribution is 2.41. The summed E-state index contributed by atoms with van der Waals surface area (Å²) in [5, 5.41) is 10.6. The minimum absolute atomic E-state index is 0.0380. The number of amides is 1. The summed E-state index contributed by atoms with van der Waals surface area (Å²) in [5.41, 5.74) is 0.548. The number of aliphatic hydroxyl groups excluding tert-OH is 1. The third kappa shape index (κ3) is 4.49. The normalized spacial score (nSPS) is 16.0. The van der Waals surface area contributed by atoms with Gasteiger partial charge in [-0.05, 0) is 36.2 Å². The molecular weight excluding hydrogens is 402 g/mol. The van der Waals surface area contributed by atoms with Crippen LogP contribution < -0.4 is 9.47 Å². The first-order chi connectivity index (χ1) is 15.0. The summed E-state index contributed by atoms with van der Waals surface area (Å²) in [6.07, 6.45) is 3.51. The highest BCUT2D eigenvalue weighted by molar-refractivity contribution is 6.15. The van der Waals surface area contributed by atoms with Crippen LogP contribution in [0.4, 0.5) is 0 Å². The first-order valence-corrected chi connectivity index (χ1v) is 9.76. The molecule has 1 aromatic heterocycles. The zero-order chi connectivity index (χ0) is 22.4. The molecular formula is C23H25NO7. The molecule has 164 valence electrons. The Morgan fingerprint density at radius 3 is 2.74 bits per heavy atom. The monoisotopic (exact) mass is 427 g/mol. The molecule has 1 atom stereocenters. The third-order valence-electron chi connectivity index (χ3n) is 4.90. The molecule has 8 heteroatoms. The molecule has 1 unspecified atom stereocenters. The molecule has 0 aliphatic carbocycles. The third-order valence-corrected chi connectivity index (χ3v) is 4.90. The van der Waals surface area contributed by atoms with Gasteiger partial charge in [0, 0.05) is 20.3 Å². The second-order valence-electron chi connectivity index (χ2n) is 6.83. The zero-order valence-electron chi connectivity index (χ0n) is 17.5. The maximum atomic E-state index is 13.1. The number of benzene rings is 1. The number of hydrogen-bond donors (Lipinski definition) is 1. The maximum absolute atomic E-state index is 13.1. The molecule has 0 fully saturated rings. The van der Waals surface area contributed by atoms with E-state index in [9.17, 15) is 14.7 Å². The van der Waals surface area contributed by atoms with E-state index < -0.39 is 23.5 Å². The van der Waals surface area contributed by atoms with Crippen molar-refractivity contribution in [2.45, 2.75) is 12.5 Å². The molecule has 31 heavy (non-hydrogen) atoms. The largest absolute Gasteiger partial charge is 0.503 e. The van der Waals surface area contributed by atoms with Gasteiger partial charge in [0.25, 0.3) is 5.91 Å². The second-order valence-corrected chi connectivity index (χ2v) is 6.83. The molecule has 2 aromatic rings. The Bertz CT molecular complexity index is 978. The summed E-state index contributed by atoms with van der Waals surface area (Å²) in [6.45, 7) is 4.63. The van der Waals surface area contributed by atoms with Crippen molar-refractivity contribution in [1.29, 1.82) is 0 Å². The average Bonchev–Trinajstić information content (AvgIpc) is 3.40. The number of ketones is 1. The number of aliphatic hydroxyl groups is 1. The van der Waals surface area contributed by atoms with E-state index in [1.807, 2.05) is 0 Å². The maximum Gasteiger partial charge on any atom is 0.290 e. The van der Waals surface area contributed by atoms with Crippen molar-refractivity contribution in [3.8, 4) is 11.5 Å². The number of carbonyl (C=O) groups is 2. The first-order valence-electron chi connectivity index (χ1n) is 9.76. The van der Waals surface area contributed by atoms with E-state index >= 15 is 0 Å². The van der Waals surface area contributed by atoms with Crippen molar-refractivity contribution in [3.63, 3.8) is 0 Å². The number of methoxy groups -OCH3 is 2. The van der Waals surface area contributed by atoms with E-state index in [-0.39, 0.29) is 17.9 Å². The van der Waals surface area contributed by atoms with Crippen LogP contribution in [0.5, 0.6) is 11.5 Å². The zero-order valence-corrected chi connectivity index (χ0v) is 17.5. The molecule has 2 heterocycles. The van der Waals surface area contributed by atoms with Gasteiger partial charge in [-0.3, -0.25) is 9.59 Å². The second kappa shape index (κ2) is 9.99. The van der Waals surface area contributed by atoms with Crippen LogP contribution in [0.1, 0.15) is 28.6 Å². The molecule has 0 saturated heterocycles. The molecule has 1 aromatic carbocycles. The van der Waals surface area contributed by atoms with Crippen molar-refractivity contribution >= 4 is 11.7 Å². The number of rotatable bonds is 11. The van der Waals surface area contributed by atoms with E-state index in [4.69, 9.17) is 18.6 Å². The lowest BCUT2D eigenvalue weighted by molar-refractivity contribution is -0.129. The van der Waals surface area contributed by atoms with Crippen molar-refractivity contribution in [1.82, 2.24) is 4.90 Å². The Morgan fingerprint density at radius 2 is 2.10 bits per heavy atom. The Hall–Kier alpha value is -3.52. The standard InChI is InChI=1S/C23H25NO7/c1-4-11-30-16-9-8-15(14-18(16)29-3)20-19(21(25)17-7-5-13-31-17)22(26)23(27)24(20)10-6-12-28-2/h4-5,7-9,13-14,20,26H,1,6,10-12H2,2-3H3. The minimum atomic E-state index is -0.815. The van der Waals surface area contributed by atoms with Crippen molar-refractivity contribution < 1.29 is 33.3 Å². The fraction of sp³-hybridized carbons (Fsp3) is 0.304. The van der Waals surface area contributed by atoms with Gasteiger partial charge in [-0.25, -0.2) is 0 Å². The lowest BCUT2D eigenvalue weighted by Gasteiger charge is -2.27. The summed E-state index contributed by atoms with van der Waals surface area (Å²) in [4.78, 5) is 27.4. The van der Waals surface area contributed by atoms with Crippen LogP contribution in [0.3, 0.4) is 0 Å². The molecule has 0 spiro atoms. The number of nitrogens with zero attached hydrogens (tertiary/aromatic N) is 1. The van der Waals surface area contributed by atoms with E-state index in [0.717, 1.165) is 0 Å². The van der Waals surface area contributed by atoms with Gasteiger partial charge in [0.1, 0.15) is 6.61 Å². The van der Waals surface area contributed by atoms with Crippen molar-refractivity contribution in [3.05, 3.63) is 71.9 Å². The summed E-state index contributed by atoms with van der Waals surface area (Å²) in [6, 6.07) is 7.36. The smallest absolute Gasteiger partial charge is 0.290 e. The van der Waals surface area contributed by atoms with Crippen molar-refractivity contribution in [2.24, 2.45) is 0 Å². The SMILES string of the molecule is C=CCOc1ccc(C2C(C(=O)c3ccco3)=C(O)C(=O)N2CCCOC)cc1OC. The number of Topliss-reactive ketones (excluding diaryl/α,β-unsaturated/α-hetero) is 1. The Kier molecular flexibility index (Phi) is 7.15. The average molecular weight is 427 g/mol. The van der Waals surface area contributed by atoms with Gasteiger partial charge in [-0.15, -0.1) is 0 Å². The van der Waals surface area contributed by atoms with E-state index in [0.29, 0.717) is 36.7 Å². The van der Waals surface area contributed by atoms with Gasteiger partial charge in [0.05, 0.1) is 25.0 Å². The van der Waals surface area contributed by atoms with Gasteiger partial charge in [0.15, 0.2) is 23.0 Å². The lowest BCUT2D eigenvalue weighted by atomic mass is 9.94. The molecule has 1 aliphatic heterocycles. The van der Waals surface area contributed by atoms with Crippen LogP contribution in [0.25, 0.3) is 0 Å². The van der Waals surface area contributed by atoms with Gasteiger partial charge in [-0.2, -0.15) is 0 Å².